The maximum atomic E-state index is 11.8. The minimum atomic E-state index is 0.137. The molecule has 0 bridgehead atoms. The number of halogens is 1. The third kappa shape index (κ3) is 2.30. The highest BCUT2D eigenvalue weighted by Crippen LogP contribution is 2.31. The van der Waals surface area contributed by atoms with Gasteiger partial charge in [0.2, 0.25) is 5.91 Å². The van der Waals surface area contributed by atoms with Crippen molar-refractivity contribution in [1.82, 2.24) is 10.2 Å². The van der Waals surface area contributed by atoms with Crippen LogP contribution in [0.15, 0.2) is 18.2 Å². The standard InChI is InChI=1S/C14H18ClN3O/c15-11-4-1-5-12(16)10(11)8-18-6-2-3-9-13(18)7-17-14(9)19/h1,4-5,9,13H,2-3,6-8,16H2,(H,17,19). The minimum absolute atomic E-state index is 0.137. The Morgan fingerprint density at radius 2 is 2.32 bits per heavy atom. The summed E-state index contributed by atoms with van der Waals surface area (Å²) in [5, 5.41) is 3.67. The van der Waals surface area contributed by atoms with Crippen LogP contribution in [-0.2, 0) is 11.3 Å². The average molecular weight is 280 g/mol. The van der Waals surface area contributed by atoms with Crippen molar-refractivity contribution < 1.29 is 4.79 Å². The maximum Gasteiger partial charge on any atom is 0.224 e. The van der Waals surface area contributed by atoms with E-state index in [0.29, 0.717) is 5.02 Å². The first-order chi connectivity index (χ1) is 9.16. The number of rotatable bonds is 2. The molecule has 2 heterocycles. The Morgan fingerprint density at radius 1 is 1.47 bits per heavy atom. The van der Waals surface area contributed by atoms with Gasteiger partial charge in [0.15, 0.2) is 0 Å². The van der Waals surface area contributed by atoms with Crippen molar-refractivity contribution in [2.45, 2.75) is 25.4 Å². The van der Waals surface area contributed by atoms with E-state index in [2.05, 4.69) is 10.2 Å². The fourth-order valence-electron chi connectivity index (χ4n) is 3.18. The molecule has 1 amide bonds. The number of likely N-dealkylation sites (tertiary alicyclic amines) is 1. The first-order valence-corrected chi connectivity index (χ1v) is 7.09. The van der Waals surface area contributed by atoms with Gasteiger partial charge in [0, 0.05) is 35.4 Å². The summed E-state index contributed by atoms with van der Waals surface area (Å²) in [5.41, 5.74) is 7.71. The smallest absolute Gasteiger partial charge is 0.224 e. The van der Waals surface area contributed by atoms with E-state index >= 15 is 0 Å². The molecule has 2 atom stereocenters. The van der Waals surface area contributed by atoms with Crippen molar-refractivity contribution in [3.63, 3.8) is 0 Å². The van der Waals surface area contributed by atoms with E-state index in [9.17, 15) is 4.79 Å². The Labute approximate surface area is 117 Å². The molecule has 2 saturated heterocycles. The van der Waals surface area contributed by atoms with E-state index < -0.39 is 0 Å². The van der Waals surface area contributed by atoms with Gasteiger partial charge in [0.25, 0.3) is 0 Å². The van der Waals surface area contributed by atoms with Gasteiger partial charge in [-0.15, -0.1) is 0 Å². The van der Waals surface area contributed by atoms with Gasteiger partial charge in [0.1, 0.15) is 0 Å². The number of nitrogens with two attached hydrogens (primary N) is 1. The number of carbonyl (C=O) groups excluding carboxylic acids is 1. The van der Waals surface area contributed by atoms with Crippen molar-refractivity contribution in [3.8, 4) is 0 Å². The molecule has 3 rings (SSSR count). The molecule has 3 N–H and O–H groups in total. The molecule has 102 valence electrons. The first kappa shape index (κ1) is 12.8. The van der Waals surface area contributed by atoms with Crippen molar-refractivity contribution >= 4 is 23.2 Å². The fourth-order valence-corrected chi connectivity index (χ4v) is 3.42. The van der Waals surface area contributed by atoms with Gasteiger partial charge in [0.05, 0.1) is 5.92 Å². The molecule has 0 saturated carbocycles. The Bertz CT molecular complexity index is 485. The SMILES string of the molecule is Nc1cccc(Cl)c1CN1CCCC2C(=O)NCC21. The molecule has 0 aliphatic carbocycles. The number of hydrogen-bond donors (Lipinski definition) is 2. The van der Waals surface area contributed by atoms with Crippen LogP contribution in [-0.4, -0.2) is 29.9 Å². The largest absolute Gasteiger partial charge is 0.398 e. The molecular weight excluding hydrogens is 262 g/mol. The molecule has 5 heteroatoms. The normalized spacial score (nSPS) is 27.1. The molecule has 19 heavy (non-hydrogen) atoms. The molecule has 2 fully saturated rings. The van der Waals surface area contributed by atoms with Gasteiger partial charge in [-0.05, 0) is 31.5 Å². The molecule has 2 aliphatic rings. The second-order valence-electron chi connectivity index (χ2n) is 5.34. The topological polar surface area (TPSA) is 58.4 Å². The van der Waals surface area contributed by atoms with Crippen LogP contribution in [0.4, 0.5) is 5.69 Å². The van der Waals surface area contributed by atoms with Gasteiger partial charge < -0.3 is 11.1 Å². The van der Waals surface area contributed by atoms with Gasteiger partial charge in [-0.1, -0.05) is 17.7 Å². The highest BCUT2D eigenvalue weighted by atomic mass is 35.5. The van der Waals surface area contributed by atoms with Crippen LogP contribution >= 0.6 is 11.6 Å². The Hall–Kier alpha value is -1.26. The van der Waals surface area contributed by atoms with E-state index in [1.54, 1.807) is 0 Å². The van der Waals surface area contributed by atoms with Crippen molar-refractivity contribution in [2.24, 2.45) is 5.92 Å². The zero-order chi connectivity index (χ0) is 13.4. The number of hydrogen-bond acceptors (Lipinski definition) is 3. The van der Waals surface area contributed by atoms with Crippen molar-refractivity contribution in [2.75, 3.05) is 18.8 Å². The van der Waals surface area contributed by atoms with E-state index in [1.165, 1.54) is 0 Å². The second-order valence-corrected chi connectivity index (χ2v) is 5.75. The zero-order valence-electron chi connectivity index (χ0n) is 10.7. The van der Waals surface area contributed by atoms with Crippen LogP contribution in [0.25, 0.3) is 0 Å². The fraction of sp³-hybridized carbons (Fsp3) is 0.500. The van der Waals surface area contributed by atoms with Gasteiger partial charge in [-0.25, -0.2) is 0 Å². The van der Waals surface area contributed by atoms with Crippen LogP contribution in [0.1, 0.15) is 18.4 Å². The molecule has 2 aliphatic heterocycles. The summed E-state index contributed by atoms with van der Waals surface area (Å²) in [6.45, 7) is 2.47. The predicted octanol–water partition coefficient (Wildman–Crippen LogP) is 1.63. The number of fused-ring (bicyclic) bond motifs is 1. The van der Waals surface area contributed by atoms with E-state index in [-0.39, 0.29) is 17.9 Å². The minimum Gasteiger partial charge on any atom is -0.398 e. The van der Waals surface area contributed by atoms with Crippen LogP contribution in [0.2, 0.25) is 5.02 Å². The lowest BCUT2D eigenvalue weighted by atomic mass is 9.91. The molecule has 2 unspecified atom stereocenters. The third-order valence-corrected chi connectivity index (χ3v) is 4.59. The number of anilines is 1. The summed E-state index contributed by atoms with van der Waals surface area (Å²) >= 11 is 6.23. The molecule has 0 radical (unpaired) electrons. The van der Waals surface area contributed by atoms with Gasteiger partial charge in [-0.2, -0.15) is 0 Å². The highest BCUT2D eigenvalue weighted by Gasteiger charge is 2.40. The van der Waals surface area contributed by atoms with E-state index in [0.717, 1.165) is 43.7 Å². The van der Waals surface area contributed by atoms with Crippen LogP contribution < -0.4 is 11.1 Å². The molecule has 4 nitrogen and oxygen atoms in total. The lowest BCUT2D eigenvalue weighted by Crippen LogP contribution is -2.45. The van der Waals surface area contributed by atoms with E-state index in [1.807, 2.05) is 18.2 Å². The highest BCUT2D eigenvalue weighted by molar-refractivity contribution is 6.31. The van der Waals surface area contributed by atoms with Gasteiger partial charge in [-0.3, -0.25) is 9.69 Å². The van der Waals surface area contributed by atoms with E-state index in [4.69, 9.17) is 17.3 Å². The zero-order valence-corrected chi connectivity index (χ0v) is 11.5. The summed E-state index contributed by atoms with van der Waals surface area (Å²) in [4.78, 5) is 14.1. The predicted molar refractivity (Wildman–Crippen MR) is 75.8 cm³/mol. The third-order valence-electron chi connectivity index (χ3n) is 4.23. The number of nitrogens with zero attached hydrogens (tertiary/aromatic N) is 1. The summed E-state index contributed by atoms with van der Waals surface area (Å²) in [7, 11) is 0. The molecular formula is C14H18ClN3O. The van der Waals surface area contributed by atoms with Crippen LogP contribution in [0.3, 0.4) is 0 Å². The molecule has 1 aromatic carbocycles. The second kappa shape index (κ2) is 5.02. The van der Waals surface area contributed by atoms with Crippen LogP contribution in [0, 0.1) is 5.92 Å². The average Bonchev–Trinajstić information content (AvgIpc) is 2.77. The number of amides is 1. The van der Waals surface area contributed by atoms with Crippen molar-refractivity contribution in [3.05, 3.63) is 28.8 Å². The number of nitrogen functional groups attached to an aromatic ring is 1. The first-order valence-electron chi connectivity index (χ1n) is 6.71. The number of benzene rings is 1. The van der Waals surface area contributed by atoms with Crippen molar-refractivity contribution in [1.29, 1.82) is 0 Å². The Kier molecular flexibility index (Phi) is 3.37. The maximum absolute atomic E-state index is 11.8. The van der Waals surface area contributed by atoms with Gasteiger partial charge >= 0.3 is 0 Å². The Balaban J connectivity index is 1.81. The quantitative estimate of drug-likeness (QED) is 0.809. The summed E-state index contributed by atoms with van der Waals surface area (Å²) in [6.07, 6.45) is 2.05. The summed E-state index contributed by atoms with van der Waals surface area (Å²) in [6, 6.07) is 5.89. The molecule has 0 aromatic heterocycles. The number of nitrogens with one attached hydrogen (secondary N) is 1. The number of piperidine rings is 1. The summed E-state index contributed by atoms with van der Waals surface area (Å²) < 4.78 is 0. The summed E-state index contributed by atoms with van der Waals surface area (Å²) in [5.74, 6) is 0.333. The lowest BCUT2D eigenvalue weighted by molar-refractivity contribution is -0.124. The number of carbonyl (C=O) groups is 1. The Morgan fingerprint density at radius 3 is 3.11 bits per heavy atom. The molecule has 0 spiro atoms. The lowest BCUT2D eigenvalue weighted by Gasteiger charge is -2.36. The molecule has 1 aromatic rings. The van der Waals surface area contributed by atoms with Crippen LogP contribution in [0.5, 0.6) is 0 Å². The monoisotopic (exact) mass is 279 g/mol.